The monoisotopic (exact) mass is 511 g/mol. The summed E-state index contributed by atoms with van der Waals surface area (Å²) < 4.78 is 18.3. The lowest BCUT2D eigenvalue weighted by molar-refractivity contribution is 0.0855. The molecule has 5 aromatic rings. The Morgan fingerprint density at radius 3 is 2.71 bits per heavy atom. The molecule has 10 nitrogen and oxygen atoms in total. The first-order chi connectivity index (χ1) is 18.8. The number of likely N-dealkylation sites (tertiary alicyclic amines) is 1. The highest BCUT2D eigenvalue weighted by atomic mass is 16.5. The molecule has 0 saturated carbocycles. The molecule has 4 heterocycles. The third-order valence-electron chi connectivity index (χ3n) is 6.89. The van der Waals surface area contributed by atoms with Gasteiger partial charge in [0.2, 0.25) is 11.6 Å². The highest BCUT2D eigenvalue weighted by molar-refractivity contribution is 6.03. The number of hydrogen-bond donors (Lipinski definition) is 1. The van der Waals surface area contributed by atoms with Gasteiger partial charge >= 0.3 is 0 Å². The van der Waals surface area contributed by atoms with E-state index in [9.17, 15) is 0 Å². The van der Waals surface area contributed by atoms with E-state index in [2.05, 4.69) is 35.5 Å². The van der Waals surface area contributed by atoms with Crippen LogP contribution in [0.4, 0.5) is 0 Å². The number of ether oxygens (including phenoxy) is 2. The molecule has 1 N–H and O–H groups in total. The van der Waals surface area contributed by atoms with Gasteiger partial charge in [0.15, 0.2) is 0 Å². The lowest BCUT2D eigenvalue weighted by Crippen LogP contribution is -2.41. The van der Waals surface area contributed by atoms with Crippen LogP contribution in [0.15, 0.2) is 65.3 Å². The average Bonchev–Trinajstić information content (AvgIpc) is 3.63. The third-order valence-corrected chi connectivity index (χ3v) is 6.89. The lowest BCUT2D eigenvalue weighted by atomic mass is 9.99. The van der Waals surface area contributed by atoms with Crippen molar-refractivity contribution < 1.29 is 13.9 Å². The molecule has 1 atom stereocenters. The van der Waals surface area contributed by atoms with Crippen LogP contribution in [0.5, 0.6) is 11.6 Å². The van der Waals surface area contributed by atoms with Crippen LogP contribution in [0.1, 0.15) is 25.1 Å². The van der Waals surface area contributed by atoms with Crippen molar-refractivity contribution in [3.8, 4) is 34.1 Å². The van der Waals surface area contributed by atoms with Gasteiger partial charge in [-0.3, -0.25) is 4.90 Å². The summed E-state index contributed by atoms with van der Waals surface area (Å²) in [5.74, 6) is 2.89. The van der Waals surface area contributed by atoms with Crippen LogP contribution >= 0.6 is 0 Å². The number of H-pyrrole nitrogens is 1. The van der Waals surface area contributed by atoms with Gasteiger partial charge in [0, 0.05) is 24.1 Å². The summed E-state index contributed by atoms with van der Waals surface area (Å²) in [5, 5.41) is 14.9. The molecule has 1 fully saturated rings. The fourth-order valence-corrected chi connectivity index (χ4v) is 5.05. The number of piperidine rings is 1. The van der Waals surface area contributed by atoms with E-state index >= 15 is 0 Å². The number of aryl methyl sites for hydroxylation is 1. The Balaban J connectivity index is 1.30. The molecule has 38 heavy (non-hydrogen) atoms. The number of aromatic amines is 1. The number of furan rings is 1. The third kappa shape index (κ3) is 5.08. The van der Waals surface area contributed by atoms with E-state index < -0.39 is 0 Å². The lowest BCUT2D eigenvalue weighted by Gasteiger charge is -2.32. The second-order valence-electron chi connectivity index (χ2n) is 9.39. The Morgan fingerprint density at radius 1 is 1.05 bits per heavy atom. The van der Waals surface area contributed by atoms with Crippen LogP contribution in [0, 0.1) is 0 Å². The van der Waals surface area contributed by atoms with Crippen LogP contribution in [-0.4, -0.2) is 68.3 Å². The van der Waals surface area contributed by atoms with E-state index in [1.165, 1.54) is 6.33 Å². The normalized spacial score (nSPS) is 16.1. The number of nitrogens with zero attached hydrogens (tertiary/aromatic N) is 6. The Bertz CT molecular complexity index is 1470. The van der Waals surface area contributed by atoms with Crippen LogP contribution < -0.4 is 9.47 Å². The number of aromatic nitrogens is 6. The van der Waals surface area contributed by atoms with Gasteiger partial charge in [-0.15, -0.1) is 5.10 Å². The molecular formula is C28H29N7O3. The molecule has 0 spiro atoms. The van der Waals surface area contributed by atoms with Gasteiger partial charge in [-0.2, -0.15) is 0 Å². The van der Waals surface area contributed by atoms with Crippen molar-refractivity contribution in [1.29, 1.82) is 0 Å². The van der Waals surface area contributed by atoms with E-state index in [0.29, 0.717) is 11.6 Å². The molecule has 6 rings (SSSR count). The van der Waals surface area contributed by atoms with Gasteiger partial charge in [0.1, 0.15) is 35.2 Å². The summed E-state index contributed by atoms with van der Waals surface area (Å²) >= 11 is 0. The number of nitrogens with one attached hydrogen (secondary N) is 1. The van der Waals surface area contributed by atoms with Crippen molar-refractivity contribution in [2.75, 3.05) is 26.7 Å². The smallest absolute Gasteiger partial charge is 0.234 e. The van der Waals surface area contributed by atoms with Crippen molar-refractivity contribution in [3.05, 3.63) is 66.7 Å². The Hall–Kier alpha value is -4.31. The number of benzene rings is 2. The minimum atomic E-state index is 0.0209. The summed E-state index contributed by atoms with van der Waals surface area (Å²) in [6.45, 7) is 2.84. The maximum Gasteiger partial charge on any atom is 0.234 e. The van der Waals surface area contributed by atoms with Gasteiger partial charge < -0.3 is 13.9 Å². The second-order valence-corrected chi connectivity index (χ2v) is 9.39. The van der Waals surface area contributed by atoms with Crippen molar-refractivity contribution in [3.63, 3.8) is 0 Å². The topological polar surface area (TPSA) is 115 Å². The average molecular weight is 512 g/mol. The van der Waals surface area contributed by atoms with E-state index in [0.717, 1.165) is 84.7 Å². The molecular weight excluding hydrogens is 482 g/mol. The predicted octanol–water partition coefficient (Wildman–Crippen LogP) is 4.55. The van der Waals surface area contributed by atoms with Crippen molar-refractivity contribution in [2.24, 2.45) is 0 Å². The molecule has 0 amide bonds. The Kier molecular flexibility index (Phi) is 6.95. The van der Waals surface area contributed by atoms with E-state index in [1.54, 1.807) is 7.11 Å². The van der Waals surface area contributed by atoms with Crippen molar-refractivity contribution >= 4 is 11.1 Å². The minimum absolute atomic E-state index is 0.0209. The number of hydrogen-bond acceptors (Lipinski definition) is 9. The van der Waals surface area contributed by atoms with Gasteiger partial charge in [-0.25, -0.2) is 15.1 Å². The molecule has 3 aromatic heterocycles. The zero-order valence-corrected chi connectivity index (χ0v) is 21.2. The quantitative estimate of drug-likeness (QED) is 0.304. The first-order valence-electron chi connectivity index (χ1n) is 12.9. The molecule has 1 unspecified atom stereocenters. The molecule has 1 aliphatic heterocycles. The standard InChI is InChI=1S/C28H29N7O3/c1-36-21-13-11-19(12-14-21)24-25-27(29-18-30-28(25)38-26(24)20-7-3-2-4-8-20)37-22-9-5-15-35(17-22)16-6-10-23-31-33-34-32-23/h2-4,7-8,11-14,18,22H,5-6,9-10,15-17H2,1H3,(H,31,32,33,34). The van der Waals surface area contributed by atoms with Crippen molar-refractivity contribution in [1.82, 2.24) is 35.5 Å². The molecule has 2 aromatic carbocycles. The highest BCUT2D eigenvalue weighted by Gasteiger charge is 2.26. The van der Waals surface area contributed by atoms with Gasteiger partial charge in [0.05, 0.1) is 7.11 Å². The summed E-state index contributed by atoms with van der Waals surface area (Å²) in [6.07, 6.45) is 5.37. The summed E-state index contributed by atoms with van der Waals surface area (Å²) in [6, 6.07) is 18.0. The first-order valence-corrected chi connectivity index (χ1v) is 12.9. The van der Waals surface area contributed by atoms with Crippen molar-refractivity contribution in [2.45, 2.75) is 31.8 Å². The fourth-order valence-electron chi connectivity index (χ4n) is 5.05. The number of rotatable bonds is 9. The Labute approximate surface area is 220 Å². The van der Waals surface area contributed by atoms with Crippen LogP contribution in [0.3, 0.4) is 0 Å². The Morgan fingerprint density at radius 2 is 1.92 bits per heavy atom. The number of tetrazole rings is 1. The van der Waals surface area contributed by atoms with Crippen LogP contribution in [-0.2, 0) is 6.42 Å². The number of fused-ring (bicyclic) bond motifs is 1. The maximum absolute atomic E-state index is 6.59. The molecule has 0 bridgehead atoms. The summed E-state index contributed by atoms with van der Waals surface area (Å²) in [4.78, 5) is 11.5. The van der Waals surface area contributed by atoms with E-state index in [-0.39, 0.29) is 6.10 Å². The largest absolute Gasteiger partial charge is 0.497 e. The molecule has 1 saturated heterocycles. The second kappa shape index (κ2) is 11.0. The predicted molar refractivity (Wildman–Crippen MR) is 142 cm³/mol. The van der Waals surface area contributed by atoms with Crippen LogP contribution in [0.2, 0.25) is 0 Å². The molecule has 0 radical (unpaired) electrons. The zero-order valence-electron chi connectivity index (χ0n) is 21.2. The summed E-state index contributed by atoms with van der Waals surface area (Å²) in [7, 11) is 1.66. The minimum Gasteiger partial charge on any atom is -0.497 e. The highest BCUT2D eigenvalue weighted by Crippen LogP contribution is 2.43. The molecule has 10 heteroatoms. The SMILES string of the molecule is COc1ccc(-c2c(-c3ccccc3)oc3ncnc(OC4CCCN(CCCc5nnn[nH]5)C4)c23)cc1. The fraction of sp³-hybridized carbons (Fsp3) is 0.321. The van der Waals surface area contributed by atoms with Crippen LogP contribution in [0.25, 0.3) is 33.6 Å². The first kappa shape index (κ1) is 24.1. The van der Waals surface area contributed by atoms with Gasteiger partial charge in [-0.05, 0) is 60.5 Å². The molecule has 194 valence electrons. The van der Waals surface area contributed by atoms with E-state index in [1.807, 2.05) is 54.6 Å². The zero-order chi connectivity index (χ0) is 25.7. The van der Waals surface area contributed by atoms with Gasteiger partial charge in [0.25, 0.3) is 0 Å². The number of methoxy groups -OCH3 is 1. The maximum atomic E-state index is 6.59. The summed E-state index contributed by atoms with van der Waals surface area (Å²) in [5.41, 5.74) is 3.37. The van der Waals surface area contributed by atoms with Gasteiger partial charge in [-0.1, -0.05) is 42.5 Å². The van der Waals surface area contributed by atoms with E-state index in [4.69, 9.17) is 13.9 Å². The molecule has 1 aliphatic rings. The molecule has 0 aliphatic carbocycles.